The van der Waals surface area contributed by atoms with E-state index in [1.165, 1.54) is 5.56 Å². The average Bonchev–Trinajstić information content (AvgIpc) is 3.04. The molecule has 0 radical (unpaired) electrons. The Balaban J connectivity index is 1.49. The van der Waals surface area contributed by atoms with Crippen LogP contribution in [0.15, 0.2) is 60.8 Å². The second kappa shape index (κ2) is 6.49. The molecule has 2 aromatic carbocycles. The molecule has 4 rings (SSSR count). The Bertz CT molecular complexity index is 809. The molecule has 1 atom stereocenters. The fourth-order valence-corrected chi connectivity index (χ4v) is 3.15. The second-order valence-electron chi connectivity index (χ2n) is 6.27. The van der Waals surface area contributed by atoms with Crippen molar-refractivity contribution < 1.29 is 4.74 Å². The Morgan fingerprint density at radius 3 is 2.67 bits per heavy atom. The minimum atomic E-state index is 0.221. The zero-order valence-electron chi connectivity index (χ0n) is 13.6. The quantitative estimate of drug-likeness (QED) is 0.802. The van der Waals surface area contributed by atoms with Gasteiger partial charge in [0.25, 0.3) is 0 Å². The second-order valence-corrected chi connectivity index (χ2v) is 6.27. The van der Waals surface area contributed by atoms with Gasteiger partial charge >= 0.3 is 0 Å². The van der Waals surface area contributed by atoms with Crippen LogP contribution in [0.2, 0.25) is 0 Å². The van der Waals surface area contributed by atoms with Crippen molar-refractivity contribution in [3.8, 4) is 17.0 Å². The first-order chi connectivity index (χ1) is 11.8. The molecule has 24 heavy (non-hydrogen) atoms. The van der Waals surface area contributed by atoms with Crippen LogP contribution in [0.3, 0.4) is 0 Å². The third-order valence-electron chi connectivity index (χ3n) is 4.49. The lowest BCUT2D eigenvalue weighted by atomic mass is 10.1. The van der Waals surface area contributed by atoms with E-state index in [1.807, 2.05) is 36.5 Å². The van der Waals surface area contributed by atoms with E-state index in [9.17, 15) is 0 Å². The van der Waals surface area contributed by atoms with Crippen molar-refractivity contribution in [2.75, 3.05) is 0 Å². The molecule has 4 heteroatoms. The van der Waals surface area contributed by atoms with Crippen LogP contribution in [0.4, 0.5) is 0 Å². The van der Waals surface area contributed by atoms with Gasteiger partial charge in [0.05, 0.1) is 11.9 Å². The van der Waals surface area contributed by atoms with Crippen LogP contribution in [-0.2, 0) is 19.6 Å². The van der Waals surface area contributed by atoms with E-state index in [-0.39, 0.29) is 6.04 Å². The molecular formula is C20H21N3O. The van der Waals surface area contributed by atoms with Crippen molar-refractivity contribution in [1.29, 1.82) is 0 Å². The van der Waals surface area contributed by atoms with Crippen LogP contribution in [-0.4, -0.2) is 15.6 Å². The minimum absolute atomic E-state index is 0.221. The molecule has 0 fully saturated rings. The molecule has 122 valence electrons. The Labute approximate surface area is 141 Å². The Hall–Kier alpha value is -2.59. The Kier molecular flexibility index (Phi) is 4.05. The first-order valence-electron chi connectivity index (χ1n) is 8.37. The summed E-state index contributed by atoms with van der Waals surface area (Å²) in [7, 11) is 0. The van der Waals surface area contributed by atoms with E-state index in [4.69, 9.17) is 10.5 Å². The van der Waals surface area contributed by atoms with Gasteiger partial charge in [-0.15, -0.1) is 0 Å². The summed E-state index contributed by atoms with van der Waals surface area (Å²) >= 11 is 0. The van der Waals surface area contributed by atoms with Gasteiger partial charge in [0.15, 0.2) is 0 Å². The summed E-state index contributed by atoms with van der Waals surface area (Å²) in [5.74, 6) is 2.01. The van der Waals surface area contributed by atoms with Crippen molar-refractivity contribution in [2.24, 2.45) is 5.73 Å². The van der Waals surface area contributed by atoms with Gasteiger partial charge in [-0.3, -0.25) is 0 Å². The summed E-state index contributed by atoms with van der Waals surface area (Å²) in [5, 5.41) is 0. The summed E-state index contributed by atoms with van der Waals surface area (Å²) in [6.07, 6.45) is 3.93. The molecular weight excluding hydrogens is 298 g/mol. The zero-order chi connectivity index (χ0) is 16.4. The van der Waals surface area contributed by atoms with E-state index < -0.39 is 0 Å². The largest absolute Gasteiger partial charge is 0.489 e. The third-order valence-corrected chi connectivity index (χ3v) is 4.49. The first kappa shape index (κ1) is 15.0. The van der Waals surface area contributed by atoms with E-state index >= 15 is 0 Å². The number of imidazole rings is 1. The summed E-state index contributed by atoms with van der Waals surface area (Å²) in [6.45, 7) is 1.42. The van der Waals surface area contributed by atoms with Crippen LogP contribution in [0, 0.1) is 0 Å². The van der Waals surface area contributed by atoms with Gasteiger partial charge < -0.3 is 15.0 Å². The number of hydrogen-bond acceptors (Lipinski definition) is 3. The predicted molar refractivity (Wildman–Crippen MR) is 94.7 cm³/mol. The molecule has 0 amide bonds. The molecule has 0 aliphatic carbocycles. The topological polar surface area (TPSA) is 53.1 Å². The number of fused-ring (bicyclic) bond motifs is 1. The van der Waals surface area contributed by atoms with Crippen LogP contribution >= 0.6 is 0 Å². The maximum Gasteiger partial charge on any atom is 0.119 e. The smallest absolute Gasteiger partial charge is 0.119 e. The van der Waals surface area contributed by atoms with Gasteiger partial charge in [-0.25, -0.2) is 4.98 Å². The highest BCUT2D eigenvalue weighted by Crippen LogP contribution is 2.26. The lowest BCUT2D eigenvalue weighted by Gasteiger charge is -2.22. The zero-order valence-corrected chi connectivity index (χ0v) is 13.6. The molecule has 1 aromatic heterocycles. The van der Waals surface area contributed by atoms with Crippen LogP contribution in [0.25, 0.3) is 11.3 Å². The minimum Gasteiger partial charge on any atom is -0.489 e. The van der Waals surface area contributed by atoms with Gasteiger partial charge in [-0.1, -0.05) is 30.3 Å². The highest BCUT2D eigenvalue weighted by Gasteiger charge is 2.19. The van der Waals surface area contributed by atoms with Crippen LogP contribution < -0.4 is 10.5 Å². The van der Waals surface area contributed by atoms with Crippen molar-refractivity contribution >= 4 is 0 Å². The van der Waals surface area contributed by atoms with Crippen molar-refractivity contribution in [3.05, 3.63) is 72.2 Å². The molecule has 0 spiro atoms. The van der Waals surface area contributed by atoms with E-state index in [1.54, 1.807) is 0 Å². The van der Waals surface area contributed by atoms with Gasteiger partial charge in [0.1, 0.15) is 18.2 Å². The molecule has 0 saturated carbocycles. The molecule has 2 heterocycles. The first-order valence-corrected chi connectivity index (χ1v) is 8.37. The highest BCUT2D eigenvalue weighted by molar-refractivity contribution is 5.60. The molecule has 0 bridgehead atoms. The van der Waals surface area contributed by atoms with Crippen molar-refractivity contribution in [2.45, 2.75) is 32.0 Å². The molecule has 1 aliphatic rings. The summed E-state index contributed by atoms with van der Waals surface area (Å²) in [6, 6.07) is 18.6. The van der Waals surface area contributed by atoms with Crippen molar-refractivity contribution in [3.63, 3.8) is 0 Å². The van der Waals surface area contributed by atoms with E-state index in [0.29, 0.717) is 6.61 Å². The monoisotopic (exact) mass is 319 g/mol. The molecule has 1 aliphatic heterocycles. The molecule has 1 unspecified atom stereocenters. The number of nitrogens with two attached hydrogens (primary N) is 1. The fourth-order valence-electron chi connectivity index (χ4n) is 3.15. The Morgan fingerprint density at radius 2 is 1.88 bits per heavy atom. The van der Waals surface area contributed by atoms with Crippen LogP contribution in [0.5, 0.6) is 5.75 Å². The molecule has 3 aromatic rings. The lowest BCUT2D eigenvalue weighted by molar-refractivity contribution is 0.306. The number of aryl methyl sites for hydroxylation is 1. The number of aromatic nitrogens is 2. The summed E-state index contributed by atoms with van der Waals surface area (Å²) in [5.41, 5.74) is 9.56. The van der Waals surface area contributed by atoms with Gasteiger partial charge in [0, 0.05) is 24.6 Å². The predicted octanol–water partition coefficient (Wildman–Crippen LogP) is 3.40. The summed E-state index contributed by atoms with van der Waals surface area (Å²) < 4.78 is 8.10. The number of hydrogen-bond donors (Lipinski definition) is 1. The SMILES string of the molecule is NC1CCc2ncc(-c3ccc(OCc4ccccc4)cc3)n2C1. The Morgan fingerprint density at radius 1 is 1.08 bits per heavy atom. The van der Waals surface area contributed by atoms with Crippen molar-refractivity contribution in [1.82, 2.24) is 9.55 Å². The number of nitrogens with zero attached hydrogens (tertiary/aromatic N) is 2. The summed E-state index contributed by atoms with van der Waals surface area (Å²) in [4.78, 5) is 4.54. The van der Waals surface area contributed by atoms with E-state index in [0.717, 1.165) is 42.2 Å². The standard InChI is InChI=1S/C20H21N3O/c21-17-8-11-20-22-12-19(23(20)13-17)16-6-9-18(10-7-16)24-14-15-4-2-1-3-5-15/h1-7,9-10,12,17H,8,11,13-14,21H2. The maximum absolute atomic E-state index is 6.11. The molecule has 4 nitrogen and oxygen atoms in total. The molecule has 0 saturated heterocycles. The van der Waals surface area contributed by atoms with Crippen LogP contribution in [0.1, 0.15) is 17.8 Å². The fraction of sp³-hybridized carbons (Fsp3) is 0.250. The van der Waals surface area contributed by atoms with Gasteiger partial charge in [-0.05, 0) is 36.2 Å². The molecule has 2 N–H and O–H groups in total. The van der Waals surface area contributed by atoms with Gasteiger partial charge in [-0.2, -0.15) is 0 Å². The van der Waals surface area contributed by atoms with E-state index in [2.05, 4.69) is 33.8 Å². The third kappa shape index (κ3) is 3.05. The highest BCUT2D eigenvalue weighted by atomic mass is 16.5. The lowest BCUT2D eigenvalue weighted by Crippen LogP contribution is -2.32. The number of ether oxygens (including phenoxy) is 1. The number of rotatable bonds is 4. The number of benzene rings is 2. The average molecular weight is 319 g/mol. The van der Waals surface area contributed by atoms with Gasteiger partial charge in [0.2, 0.25) is 0 Å². The maximum atomic E-state index is 6.11. The normalized spacial score (nSPS) is 16.6.